The monoisotopic (exact) mass is 526 g/mol. The van der Waals surface area contributed by atoms with E-state index < -0.39 is 38.1 Å². The molecule has 2 rings (SSSR count). The molecule has 1 heterocycles. The van der Waals surface area contributed by atoms with Crippen molar-refractivity contribution in [2.45, 2.75) is 69.8 Å². The smallest absolute Gasteiger partial charge is 0.387 e. The van der Waals surface area contributed by atoms with Crippen molar-refractivity contribution >= 4 is 40.7 Å². The first-order chi connectivity index (χ1) is 14.7. The Morgan fingerprint density at radius 3 is 2.36 bits per heavy atom. The van der Waals surface area contributed by atoms with Crippen LogP contribution in [0.1, 0.15) is 62.1 Å². The summed E-state index contributed by atoms with van der Waals surface area (Å²) in [6.07, 6.45) is 0.139. The maximum atomic E-state index is 14.3. The van der Waals surface area contributed by atoms with Crippen LogP contribution in [0.25, 0.3) is 0 Å². The Morgan fingerprint density at radius 1 is 1.30 bits per heavy atom. The number of benzene rings is 1. The fraction of sp³-hybridized carbons (Fsp3) is 0.476. The third-order valence-electron chi connectivity index (χ3n) is 4.67. The average molecular weight is 527 g/mol. The number of halogens is 3. The predicted octanol–water partition coefficient (Wildman–Crippen LogP) is 4.98. The van der Waals surface area contributed by atoms with Crippen LogP contribution >= 0.6 is 24.8 Å². The Hall–Kier alpha value is -1.60. The molecule has 0 bridgehead atoms. The Morgan fingerprint density at radius 2 is 1.91 bits per heavy atom. The molecule has 33 heavy (non-hydrogen) atoms. The van der Waals surface area contributed by atoms with Gasteiger partial charge >= 0.3 is 6.61 Å². The number of carbonyl (C=O) groups excluding carboxylic acids is 1. The summed E-state index contributed by atoms with van der Waals surface area (Å²) >= 11 is 0.686. The number of rotatable bonds is 8. The minimum absolute atomic E-state index is 0. The van der Waals surface area contributed by atoms with Crippen molar-refractivity contribution in [2.75, 3.05) is 0 Å². The Bertz CT molecular complexity index is 1120. The first-order valence-electron chi connectivity index (χ1n) is 9.86. The van der Waals surface area contributed by atoms with Gasteiger partial charge in [0.05, 0.1) is 12.0 Å². The average Bonchev–Trinajstić information content (AvgIpc) is 3.04. The lowest BCUT2D eigenvalue weighted by molar-refractivity contribution is -0.117. The van der Waals surface area contributed by atoms with Gasteiger partial charge in [0.2, 0.25) is 0 Å². The topological polar surface area (TPSA) is 102 Å². The highest BCUT2D eigenvalue weighted by Crippen LogP contribution is 2.34. The SMILES string of the molecule is CCc1cc(OC(F)F)cc(C(C)C)c1CC(=O)N=S(N)(=O)c1sc(C(C)(C)O)cc1F.S. The molecule has 1 unspecified atom stereocenters. The second-order valence-corrected chi connectivity index (χ2v) is 11.1. The summed E-state index contributed by atoms with van der Waals surface area (Å²) in [5, 5.41) is 15.8. The molecule has 1 aromatic heterocycles. The van der Waals surface area contributed by atoms with Gasteiger partial charge in [-0.15, -0.1) is 15.7 Å². The van der Waals surface area contributed by atoms with E-state index in [1.807, 2.05) is 13.8 Å². The van der Waals surface area contributed by atoms with Gasteiger partial charge in [-0.05, 0) is 61.1 Å². The molecule has 0 spiro atoms. The first-order valence-corrected chi connectivity index (χ1v) is 12.3. The minimum atomic E-state index is -3.89. The number of hydrogen-bond acceptors (Lipinski definition) is 5. The third-order valence-corrected chi connectivity index (χ3v) is 8.05. The maximum absolute atomic E-state index is 14.3. The van der Waals surface area contributed by atoms with Crippen molar-refractivity contribution in [2.24, 2.45) is 9.50 Å². The van der Waals surface area contributed by atoms with Crippen LogP contribution in [0.15, 0.2) is 26.8 Å². The number of amides is 1. The highest BCUT2D eigenvalue weighted by atomic mass is 32.2. The number of hydrogen-bond donors (Lipinski definition) is 2. The zero-order valence-corrected chi connectivity index (χ0v) is 21.6. The molecule has 0 radical (unpaired) electrons. The van der Waals surface area contributed by atoms with Gasteiger partial charge in [0.15, 0.2) is 19.9 Å². The van der Waals surface area contributed by atoms with E-state index in [1.165, 1.54) is 26.0 Å². The van der Waals surface area contributed by atoms with Gasteiger partial charge < -0.3 is 9.84 Å². The molecule has 6 nitrogen and oxygen atoms in total. The second kappa shape index (κ2) is 11.2. The molecule has 0 aliphatic rings. The van der Waals surface area contributed by atoms with E-state index in [0.717, 1.165) is 6.07 Å². The third kappa shape index (κ3) is 7.44. The van der Waals surface area contributed by atoms with Gasteiger partial charge in [0.1, 0.15) is 5.75 Å². The molecule has 0 saturated carbocycles. The second-order valence-electron chi connectivity index (χ2n) is 8.07. The molecule has 2 aromatic rings. The molecule has 186 valence electrons. The number of aliphatic hydroxyl groups is 1. The Labute approximate surface area is 203 Å². The zero-order chi connectivity index (χ0) is 24.4. The number of thiophene rings is 1. The number of alkyl halides is 2. The summed E-state index contributed by atoms with van der Waals surface area (Å²) in [7, 11) is -3.89. The summed E-state index contributed by atoms with van der Waals surface area (Å²) in [5.41, 5.74) is 0.384. The molecular weight excluding hydrogens is 497 g/mol. The van der Waals surface area contributed by atoms with E-state index in [0.29, 0.717) is 34.4 Å². The van der Waals surface area contributed by atoms with Crippen LogP contribution in [0.4, 0.5) is 13.2 Å². The van der Waals surface area contributed by atoms with E-state index in [2.05, 4.69) is 9.10 Å². The molecule has 1 amide bonds. The molecule has 1 aromatic carbocycles. The summed E-state index contributed by atoms with van der Waals surface area (Å²) < 4.78 is 60.2. The number of aryl methyl sites for hydroxylation is 1. The van der Waals surface area contributed by atoms with Crippen LogP contribution in [0, 0.1) is 5.82 Å². The van der Waals surface area contributed by atoms with Gasteiger partial charge in [-0.3, -0.25) is 4.79 Å². The molecule has 0 saturated heterocycles. The van der Waals surface area contributed by atoms with E-state index >= 15 is 0 Å². The first kappa shape index (κ1) is 29.4. The summed E-state index contributed by atoms with van der Waals surface area (Å²) in [6.45, 7) is 5.34. The van der Waals surface area contributed by atoms with Crippen molar-refractivity contribution in [1.29, 1.82) is 0 Å². The lowest BCUT2D eigenvalue weighted by Crippen LogP contribution is -2.17. The highest BCUT2D eigenvalue weighted by molar-refractivity contribution is 7.93. The number of nitrogens with zero attached hydrogens (tertiary/aromatic N) is 1. The van der Waals surface area contributed by atoms with E-state index in [-0.39, 0.29) is 36.5 Å². The van der Waals surface area contributed by atoms with Gasteiger partial charge in [-0.25, -0.2) is 13.7 Å². The fourth-order valence-electron chi connectivity index (χ4n) is 3.17. The highest BCUT2D eigenvalue weighted by Gasteiger charge is 2.26. The van der Waals surface area contributed by atoms with Gasteiger partial charge in [-0.2, -0.15) is 22.3 Å². The van der Waals surface area contributed by atoms with Crippen molar-refractivity contribution in [3.8, 4) is 5.75 Å². The van der Waals surface area contributed by atoms with Gasteiger partial charge in [0.25, 0.3) is 5.91 Å². The molecule has 12 heteroatoms. The summed E-state index contributed by atoms with van der Waals surface area (Å²) in [5.74, 6) is -1.90. The fourth-order valence-corrected chi connectivity index (χ4v) is 5.59. The van der Waals surface area contributed by atoms with E-state index in [9.17, 15) is 27.3 Å². The number of nitrogens with two attached hydrogens (primary N) is 1. The zero-order valence-electron chi connectivity index (χ0n) is 18.9. The maximum Gasteiger partial charge on any atom is 0.387 e. The van der Waals surface area contributed by atoms with Crippen molar-refractivity contribution in [3.63, 3.8) is 0 Å². The van der Waals surface area contributed by atoms with Crippen molar-refractivity contribution < 1.29 is 32.0 Å². The predicted molar refractivity (Wildman–Crippen MR) is 128 cm³/mol. The summed E-state index contributed by atoms with van der Waals surface area (Å²) in [4.78, 5) is 12.9. The lowest BCUT2D eigenvalue weighted by atomic mass is 9.90. The molecule has 0 aliphatic carbocycles. The van der Waals surface area contributed by atoms with E-state index in [4.69, 9.17) is 5.14 Å². The standard InChI is InChI=1S/C21H27F3N2O4S2.H2S/c1-6-12-7-13(30-20(23)24)8-14(11(2)3)15(12)9-18(27)26-32(25,29)19-16(22)10-17(31-19)21(4,5)28;/h7-8,10-11,20,28H,6,9H2,1-5H3,(H2,25,26,27,29);1H2. The van der Waals surface area contributed by atoms with Crippen LogP contribution in [0.3, 0.4) is 0 Å². The normalized spacial score (nSPS) is 13.6. The number of ether oxygens (including phenoxy) is 1. The molecule has 3 N–H and O–H groups in total. The van der Waals surface area contributed by atoms with Crippen LogP contribution in [-0.4, -0.2) is 21.8 Å². The molecular formula is C21H29F3N2O4S3. The number of carbonyl (C=O) groups is 1. The van der Waals surface area contributed by atoms with Crippen LogP contribution in [-0.2, 0) is 33.2 Å². The lowest BCUT2D eigenvalue weighted by Gasteiger charge is -2.18. The van der Waals surface area contributed by atoms with Gasteiger partial charge in [-0.1, -0.05) is 20.8 Å². The molecule has 1 atom stereocenters. The van der Waals surface area contributed by atoms with Gasteiger partial charge in [0, 0.05) is 4.88 Å². The van der Waals surface area contributed by atoms with Crippen LogP contribution < -0.4 is 9.88 Å². The van der Waals surface area contributed by atoms with Crippen LogP contribution in [0.5, 0.6) is 5.75 Å². The molecule has 0 aliphatic heterocycles. The Kier molecular flexibility index (Phi) is 10.0. The van der Waals surface area contributed by atoms with E-state index in [1.54, 1.807) is 6.92 Å². The van der Waals surface area contributed by atoms with Crippen molar-refractivity contribution in [1.82, 2.24) is 0 Å². The quantitative estimate of drug-likeness (QED) is 0.506. The minimum Gasteiger partial charge on any atom is -0.435 e. The molecule has 0 fully saturated rings. The Balaban J connectivity index is 0.00000544. The van der Waals surface area contributed by atoms with Crippen LogP contribution in [0.2, 0.25) is 0 Å². The van der Waals surface area contributed by atoms with Crippen molar-refractivity contribution in [3.05, 3.63) is 45.6 Å². The largest absolute Gasteiger partial charge is 0.435 e. The summed E-state index contributed by atoms with van der Waals surface area (Å²) in [6, 6.07) is 3.88.